The highest BCUT2D eigenvalue weighted by atomic mass is 19.1. The molecule has 1 aliphatic heterocycles. The Hall–Kier alpha value is -1.85. The molecule has 23 heavy (non-hydrogen) atoms. The summed E-state index contributed by atoms with van der Waals surface area (Å²) >= 11 is 0. The van der Waals surface area contributed by atoms with Crippen molar-refractivity contribution in [3.05, 3.63) is 29.3 Å². The molecule has 1 aromatic carbocycles. The van der Waals surface area contributed by atoms with Crippen LogP contribution in [-0.4, -0.2) is 49.1 Å². The molecule has 2 rings (SSSR count). The lowest BCUT2D eigenvalue weighted by molar-refractivity contribution is 0.186. The third-order valence-electron chi connectivity index (χ3n) is 3.73. The molecule has 1 fully saturated rings. The van der Waals surface area contributed by atoms with Gasteiger partial charge in [0.15, 0.2) is 0 Å². The van der Waals surface area contributed by atoms with E-state index in [1.165, 1.54) is 6.07 Å². The van der Waals surface area contributed by atoms with Gasteiger partial charge in [0.1, 0.15) is 24.0 Å². The van der Waals surface area contributed by atoms with E-state index in [-0.39, 0.29) is 30.3 Å². The van der Waals surface area contributed by atoms with Crippen LogP contribution in [0.15, 0.2) is 12.1 Å². The molecule has 1 aliphatic rings. The predicted molar refractivity (Wildman–Crippen MR) is 86.9 cm³/mol. The number of hydrogen-bond acceptors (Lipinski definition) is 2. The molecule has 1 unspecified atom stereocenters. The molecule has 6 heteroatoms. The zero-order valence-electron chi connectivity index (χ0n) is 14.7. The smallest absolute Gasteiger partial charge is 0.319 e. The van der Waals surface area contributed by atoms with Crippen LogP contribution in [0, 0.1) is 11.6 Å². The number of urea groups is 1. The first kappa shape index (κ1) is 19.2. The molecule has 0 aliphatic carbocycles. The fourth-order valence-electron chi connectivity index (χ4n) is 2.53. The van der Waals surface area contributed by atoms with E-state index in [4.69, 9.17) is 4.74 Å². The zero-order valence-corrected chi connectivity index (χ0v) is 14.7. The molecule has 130 valence electrons. The SMILES string of the molecule is CC.CC(C)c1c(F)cc(F)cc1OCC1CN(C)C(=O)N1C. The van der Waals surface area contributed by atoms with Crippen LogP contribution in [0.1, 0.15) is 39.2 Å². The first-order chi connectivity index (χ1) is 10.8. The monoisotopic (exact) mass is 328 g/mol. The van der Waals surface area contributed by atoms with Gasteiger partial charge in [0.2, 0.25) is 0 Å². The number of carbonyl (C=O) groups is 1. The minimum atomic E-state index is -0.667. The van der Waals surface area contributed by atoms with E-state index in [0.717, 1.165) is 6.07 Å². The molecule has 1 saturated heterocycles. The number of halogens is 2. The van der Waals surface area contributed by atoms with Crippen LogP contribution in [-0.2, 0) is 0 Å². The van der Waals surface area contributed by atoms with Crippen LogP contribution >= 0.6 is 0 Å². The van der Waals surface area contributed by atoms with E-state index in [1.807, 2.05) is 27.7 Å². The summed E-state index contributed by atoms with van der Waals surface area (Å²) in [7, 11) is 3.40. The van der Waals surface area contributed by atoms with Gasteiger partial charge in [-0.05, 0) is 5.92 Å². The maximum atomic E-state index is 13.9. The molecule has 0 N–H and O–H groups in total. The Bertz CT molecular complexity index is 550. The molecule has 4 nitrogen and oxygen atoms in total. The van der Waals surface area contributed by atoms with Crippen LogP contribution in [0.3, 0.4) is 0 Å². The van der Waals surface area contributed by atoms with Crippen molar-refractivity contribution in [1.29, 1.82) is 0 Å². The van der Waals surface area contributed by atoms with Crippen molar-refractivity contribution in [2.45, 2.75) is 39.7 Å². The molecule has 0 saturated carbocycles. The highest BCUT2D eigenvalue weighted by Crippen LogP contribution is 2.30. The van der Waals surface area contributed by atoms with Crippen LogP contribution in [0.5, 0.6) is 5.75 Å². The van der Waals surface area contributed by atoms with Gasteiger partial charge in [-0.1, -0.05) is 27.7 Å². The normalized spacial score (nSPS) is 17.4. The minimum Gasteiger partial charge on any atom is -0.491 e. The van der Waals surface area contributed by atoms with Gasteiger partial charge in [-0.3, -0.25) is 0 Å². The van der Waals surface area contributed by atoms with E-state index in [2.05, 4.69) is 0 Å². The fourth-order valence-corrected chi connectivity index (χ4v) is 2.53. The number of likely N-dealkylation sites (N-methyl/N-ethyl adjacent to an activating group) is 2. The van der Waals surface area contributed by atoms with Crippen molar-refractivity contribution < 1.29 is 18.3 Å². The van der Waals surface area contributed by atoms with E-state index in [1.54, 1.807) is 23.9 Å². The van der Waals surface area contributed by atoms with Gasteiger partial charge in [0.25, 0.3) is 0 Å². The molecule has 0 spiro atoms. The fraction of sp³-hybridized carbons (Fsp3) is 0.588. The Morgan fingerprint density at radius 3 is 2.35 bits per heavy atom. The summed E-state index contributed by atoms with van der Waals surface area (Å²) < 4.78 is 32.9. The first-order valence-corrected chi connectivity index (χ1v) is 7.91. The van der Waals surface area contributed by atoms with Crippen molar-refractivity contribution in [3.63, 3.8) is 0 Å². The largest absolute Gasteiger partial charge is 0.491 e. The standard InChI is InChI=1S/C15H20F2N2O2.C2H6/c1-9(2)14-12(17)5-10(16)6-13(14)21-8-11-7-18(3)15(20)19(11)4;1-2/h5-6,9,11H,7-8H2,1-4H3;1-2H3. The van der Waals surface area contributed by atoms with Gasteiger partial charge in [-0.2, -0.15) is 0 Å². The molecule has 0 bridgehead atoms. The Balaban J connectivity index is 0.00000127. The first-order valence-electron chi connectivity index (χ1n) is 7.91. The lowest BCUT2D eigenvalue weighted by atomic mass is 10.0. The van der Waals surface area contributed by atoms with Crippen molar-refractivity contribution in [2.24, 2.45) is 0 Å². The van der Waals surface area contributed by atoms with Crippen LogP contribution in [0.2, 0.25) is 0 Å². The van der Waals surface area contributed by atoms with Crippen molar-refractivity contribution in [2.75, 3.05) is 27.2 Å². The Kier molecular flexibility index (Phi) is 6.79. The van der Waals surface area contributed by atoms with Gasteiger partial charge >= 0.3 is 6.03 Å². The zero-order chi connectivity index (χ0) is 17.7. The number of carbonyl (C=O) groups excluding carboxylic acids is 1. The van der Waals surface area contributed by atoms with Gasteiger partial charge < -0.3 is 14.5 Å². The lowest BCUT2D eigenvalue weighted by Crippen LogP contribution is -2.34. The van der Waals surface area contributed by atoms with Gasteiger partial charge in [-0.25, -0.2) is 13.6 Å². The molecule has 0 aromatic heterocycles. The summed E-state index contributed by atoms with van der Waals surface area (Å²) in [6.07, 6.45) is 0. The number of rotatable bonds is 4. The van der Waals surface area contributed by atoms with Crippen molar-refractivity contribution >= 4 is 6.03 Å². The summed E-state index contributed by atoms with van der Waals surface area (Å²) in [5.41, 5.74) is 0.358. The third-order valence-corrected chi connectivity index (χ3v) is 3.73. The number of nitrogens with zero attached hydrogens (tertiary/aromatic N) is 2. The molecule has 1 heterocycles. The third kappa shape index (κ3) is 4.33. The van der Waals surface area contributed by atoms with Crippen LogP contribution < -0.4 is 4.74 Å². The topological polar surface area (TPSA) is 32.8 Å². The second-order valence-electron chi connectivity index (χ2n) is 5.69. The van der Waals surface area contributed by atoms with E-state index >= 15 is 0 Å². The maximum Gasteiger partial charge on any atom is 0.319 e. The summed E-state index contributed by atoms with van der Waals surface area (Å²) in [5, 5.41) is 0. The summed E-state index contributed by atoms with van der Waals surface area (Å²) in [6, 6.07) is 1.84. The molecule has 2 amide bonds. The Labute approximate surface area is 137 Å². The molecular formula is C17H26F2N2O2. The van der Waals surface area contributed by atoms with E-state index < -0.39 is 11.6 Å². The summed E-state index contributed by atoms with van der Waals surface area (Å²) in [6.45, 7) is 8.38. The quantitative estimate of drug-likeness (QED) is 0.841. The highest BCUT2D eigenvalue weighted by molar-refractivity contribution is 5.76. The highest BCUT2D eigenvalue weighted by Gasteiger charge is 2.32. The van der Waals surface area contributed by atoms with Gasteiger partial charge in [0.05, 0.1) is 6.04 Å². The van der Waals surface area contributed by atoms with Gasteiger partial charge in [-0.15, -0.1) is 0 Å². The number of benzene rings is 1. The van der Waals surface area contributed by atoms with Crippen molar-refractivity contribution in [3.8, 4) is 5.75 Å². The maximum absolute atomic E-state index is 13.9. The number of amides is 2. The number of ether oxygens (including phenoxy) is 1. The lowest BCUT2D eigenvalue weighted by Gasteiger charge is -2.20. The van der Waals surface area contributed by atoms with Crippen LogP contribution in [0.25, 0.3) is 0 Å². The van der Waals surface area contributed by atoms with Crippen molar-refractivity contribution in [1.82, 2.24) is 9.80 Å². The van der Waals surface area contributed by atoms with Crippen LogP contribution in [0.4, 0.5) is 13.6 Å². The second kappa shape index (κ2) is 8.13. The summed E-state index contributed by atoms with van der Waals surface area (Å²) in [5.74, 6) is -1.18. The minimum absolute atomic E-state index is 0.0851. The number of hydrogen-bond donors (Lipinski definition) is 0. The Morgan fingerprint density at radius 1 is 1.26 bits per heavy atom. The molecule has 1 atom stereocenters. The average molecular weight is 328 g/mol. The van der Waals surface area contributed by atoms with Gasteiger partial charge in [0, 0.05) is 38.3 Å². The predicted octanol–water partition coefficient (Wildman–Crippen LogP) is 3.86. The molecular weight excluding hydrogens is 302 g/mol. The second-order valence-corrected chi connectivity index (χ2v) is 5.69. The Morgan fingerprint density at radius 2 is 1.87 bits per heavy atom. The molecule has 1 aromatic rings. The molecule has 0 radical (unpaired) electrons. The van der Waals surface area contributed by atoms with E-state index in [0.29, 0.717) is 12.1 Å². The average Bonchev–Trinajstić information content (AvgIpc) is 2.73. The van der Waals surface area contributed by atoms with E-state index in [9.17, 15) is 13.6 Å². The summed E-state index contributed by atoms with van der Waals surface area (Å²) in [4.78, 5) is 14.8.